The molecule has 0 aliphatic carbocycles. The Morgan fingerprint density at radius 3 is 2.41 bits per heavy atom. The lowest BCUT2D eigenvalue weighted by molar-refractivity contribution is -0.145. The second-order valence-electron chi connectivity index (χ2n) is 6.04. The third-order valence-corrected chi connectivity index (χ3v) is 3.26. The molecule has 6 nitrogen and oxygen atoms in total. The van der Waals surface area contributed by atoms with Crippen molar-refractivity contribution in [2.45, 2.75) is 26.8 Å². The van der Waals surface area contributed by atoms with Crippen LogP contribution in [0.3, 0.4) is 0 Å². The number of carbonyl (C=O) groups is 2. The third-order valence-electron chi connectivity index (χ3n) is 3.26. The number of hydrogen-bond donors (Lipinski definition) is 1. The molecule has 0 aliphatic rings. The number of esters is 1. The smallest absolute Gasteiger partial charge is 0.328 e. The fraction of sp³-hybridized carbons (Fsp3) is 0.375. The highest BCUT2D eigenvalue weighted by atomic mass is 16.5. The van der Waals surface area contributed by atoms with Gasteiger partial charge in [0.25, 0.3) is 5.91 Å². The summed E-state index contributed by atoms with van der Waals surface area (Å²) in [7, 11) is 1.29. The summed E-state index contributed by atoms with van der Waals surface area (Å²) in [6.45, 7) is 5.54. The Hall–Kier alpha value is -2.50. The molecule has 1 N–H and O–H groups in total. The standard InChI is InChI=1S/C16H19N3O3/c1-16(2,3)13(15(21)22-4)19-14(20)12-9-17-10-7-5-6-8-11(10)18-12/h5-9,13H,1-4H3,(H,19,20)/t13-/m1/s1. The number of nitrogens with zero attached hydrogens (tertiary/aromatic N) is 2. The first-order valence-corrected chi connectivity index (χ1v) is 6.93. The number of rotatable bonds is 3. The molecule has 1 atom stereocenters. The van der Waals surface area contributed by atoms with Crippen LogP contribution in [0.2, 0.25) is 0 Å². The van der Waals surface area contributed by atoms with Gasteiger partial charge in [0.15, 0.2) is 0 Å². The van der Waals surface area contributed by atoms with Gasteiger partial charge in [-0.3, -0.25) is 9.78 Å². The van der Waals surface area contributed by atoms with Crippen molar-refractivity contribution in [3.63, 3.8) is 0 Å². The molecular formula is C16H19N3O3. The molecule has 2 rings (SSSR count). The van der Waals surface area contributed by atoms with Gasteiger partial charge in [-0.05, 0) is 17.5 Å². The van der Waals surface area contributed by atoms with E-state index in [1.54, 1.807) is 6.07 Å². The van der Waals surface area contributed by atoms with Gasteiger partial charge in [0, 0.05) is 0 Å². The average molecular weight is 301 g/mol. The SMILES string of the molecule is COC(=O)[C@@H](NC(=O)c1cnc2ccccc2n1)C(C)(C)C. The minimum atomic E-state index is -0.765. The average Bonchev–Trinajstić information content (AvgIpc) is 2.50. The van der Waals surface area contributed by atoms with Crippen LogP contribution < -0.4 is 5.32 Å². The zero-order chi connectivity index (χ0) is 16.3. The number of amides is 1. The van der Waals surface area contributed by atoms with Crippen LogP contribution in [0, 0.1) is 5.41 Å². The summed E-state index contributed by atoms with van der Waals surface area (Å²) in [6, 6.07) is 6.50. The molecule has 2 aromatic rings. The number of methoxy groups -OCH3 is 1. The van der Waals surface area contributed by atoms with Crippen molar-refractivity contribution < 1.29 is 14.3 Å². The molecule has 0 saturated carbocycles. The first-order chi connectivity index (χ1) is 10.3. The van der Waals surface area contributed by atoms with Crippen molar-refractivity contribution in [3.05, 3.63) is 36.2 Å². The topological polar surface area (TPSA) is 81.2 Å². The van der Waals surface area contributed by atoms with Crippen molar-refractivity contribution in [2.75, 3.05) is 7.11 Å². The fourth-order valence-electron chi connectivity index (χ4n) is 2.02. The maximum Gasteiger partial charge on any atom is 0.328 e. The fourth-order valence-corrected chi connectivity index (χ4v) is 2.02. The van der Waals surface area contributed by atoms with Crippen molar-refractivity contribution in [2.24, 2.45) is 5.41 Å². The Balaban J connectivity index is 2.27. The second kappa shape index (κ2) is 6.09. The van der Waals surface area contributed by atoms with Gasteiger partial charge in [-0.25, -0.2) is 9.78 Å². The summed E-state index contributed by atoms with van der Waals surface area (Å²) < 4.78 is 4.76. The Bertz CT molecular complexity index is 707. The van der Waals surface area contributed by atoms with E-state index in [0.29, 0.717) is 11.0 Å². The molecule has 1 aromatic heterocycles. The van der Waals surface area contributed by atoms with Crippen molar-refractivity contribution in [1.29, 1.82) is 0 Å². The van der Waals surface area contributed by atoms with Gasteiger partial charge in [-0.1, -0.05) is 32.9 Å². The number of hydrogen-bond acceptors (Lipinski definition) is 5. The molecule has 1 aromatic carbocycles. The monoisotopic (exact) mass is 301 g/mol. The maximum absolute atomic E-state index is 12.3. The van der Waals surface area contributed by atoms with E-state index in [1.165, 1.54) is 13.3 Å². The lowest BCUT2D eigenvalue weighted by Gasteiger charge is -2.28. The predicted octanol–water partition coefficient (Wildman–Crippen LogP) is 1.95. The maximum atomic E-state index is 12.3. The van der Waals surface area contributed by atoms with E-state index in [0.717, 1.165) is 0 Å². The quantitative estimate of drug-likeness (QED) is 0.876. The van der Waals surface area contributed by atoms with Gasteiger partial charge < -0.3 is 10.1 Å². The lowest BCUT2D eigenvalue weighted by Crippen LogP contribution is -2.49. The van der Waals surface area contributed by atoms with Crippen LogP contribution >= 0.6 is 0 Å². The Morgan fingerprint density at radius 2 is 1.82 bits per heavy atom. The molecule has 0 spiro atoms. The molecule has 116 valence electrons. The van der Waals surface area contributed by atoms with Crippen LogP contribution in [-0.4, -0.2) is 35.0 Å². The highest BCUT2D eigenvalue weighted by Crippen LogP contribution is 2.20. The second-order valence-corrected chi connectivity index (χ2v) is 6.04. The molecule has 0 unspecified atom stereocenters. The number of nitrogens with one attached hydrogen (secondary N) is 1. The predicted molar refractivity (Wildman–Crippen MR) is 82.3 cm³/mol. The van der Waals surface area contributed by atoms with Crippen LogP contribution in [0.25, 0.3) is 11.0 Å². The Kier molecular flexibility index (Phi) is 4.40. The largest absolute Gasteiger partial charge is 0.467 e. The number of carbonyl (C=O) groups excluding carboxylic acids is 2. The zero-order valence-corrected chi connectivity index (χ0v) is 13.1. The molecule has 1 amide bonds. The van der Waals surface area contributed by atoms with E-state index < -0.39 is 23.3 Å². The summed E-state index contributed by atoms with van der Waals surface area (Å²) in [5.74, 6) is -0.946. The minimum Gasteiger partial charge on any atom is -0.467 e. The molecule has 1 heterocycles. The highest BCUT2D eigenvalue weighted by Gasteiger charge is 2.34. The number of para-hydroxylation sites is 2. The number of aromatic nitrogens is 2. The van der Waals surface area contributed by atoms with Gasteiger partial charge in [-0.15, -0.1) is 0 Å². The summed E-state index contributed by atoms with van der Waals surface area (Å²) >= 11 is 0. The van der Waals surface area contributed by atoms with Crippen LogP contribution in [0.4, 0.5) is 0 Å². The molecule has 0 bridgehead atoms. The summed E-state index contributed by atoms with van der Waals surface area (Å²) in [6.07, 6.45) is 1.40. The molecule has 0 saturated heterocycles. The normalized spacial score (nSPS) is 12.7. The van der Waals surface area contributed by atoms with Crippen molar-refractivity contribution >= 4 is 22.9 Å². The van der Waals surface area contributed by atoms with E-state index >= 15 is 0 Å². The summed E-state index contributed by atoms with van der Waals surface area (Å²) in [5, 5.41) is 2.67. The molecular weight excluding hydrogens is 282 g/mol. The minimum absolute atomic E-state index is 0.164. The van der Waals surface area contributed by atoms with Crippen LogP contribution in [0.1, 0.15) is 31.3 Å². The molecule has 22 heavy (non-hydrogen) atoms. The van der Waals surface area contributed by atoms with Crippen molar-refractivity contribution in [3.8, 4) is 0 Å². The van der Waals surface area contributed by atoms with E-state index in [4.69, 9.17) is 4.74 Å². The first kappa shape index (κ1) is 15.9. The molecule has 0 fully saturated rings. The van der Waals surface area contributed by atoms with Gasteiger partial charge in [0.1, 0.15) is 11.7 Å². The number of benzene rings is 1. The highest BCUT2D eigenvalue weighted by molar-refractivity contribution is 5.96. The van der Waals surface area contributed by atoms with E-state index in [-0.39, 0.29) is 5.69 Å². The molecule has 0 radical (unpaired) electrons. The van der Waals surface area contributed by atoms with Crippen LogP contribution in [0.5, 0.6) is 0 Å². The molecule has 6 heteroatoms. The third kappa shape index (κ3) is 3.39. The van der Waals surface area contributed by atoms with Crippen LogP contribution in [-0.2, 0) is 9.53 Å². The summed E-state index contributed by atoms with van der Waals surface area (Å²) in [4.78, 5) is 32.7. The van der Waals surface area contributed by atoms with Gasteiger partial charge in [0.2, 0.25) is 0 Å². The zero-order valence-electron chi connectivity index (χ0n) is 13.1. The van der Waals surface area contributed by atoms with Crippen molar-refractivity contribution in [1.82, 2.24) is 15.3 Å². The van der Waals surface area contributed by atoms with E-state index in [2.05, 4.69) is 15.3 Å². The summed E-state index contributed by atoms with van der Waals surface area (Å²) in [5.41, 5.74) is 1.02. The van der Waals surface area contributed by atoms with Gasteiger partial charge >= 0.3 is 5.97 Å². The Morgan fingerprint density at radius 1 is 1.18 bits per heavy atom. The number of fused-ring (bicyclic) bond motifs is 1. The molecule has 0 aliphatic heterocycles. The van der Waals surface area contributed by atoms with Gasteiger partial charge in [-0.2, -0.15) is 0 Å². The first-order valence-electron chi connectivity index (χ1n) is 6.93. The van der Waals surface area contributed by atoms with E-state index in [9.17, 15) is 9.59 Å². The van der Waals surface area contributed by atoms with E-state index in [1.807, 2.05) is 39.0 Å². The lowest BCUT2D eigenvalue weighted by atomic mass is 9.86. The van der Waals surface area contributed by atoms with Gasteiger partial charge in [0.05, 0.1) is 24.3 Å². The number of ether oxygens (including phenoxy) is 1. The van der Waals surface area contributed by atoms with Crippen LogP contribution in [0.15, 0.2) is 30.5 Å². The Labute approximate surface area is 128 Å².